The number of hydrogen-bond donors (Lipinski definition) is 2. The molecule has 3 rings (SSSR count). The smallest absolute Gasteiger partial charge is 0.251 e. The fraction of sp³-hybridized carbons (Fsp3) is 0.190. The van der Waals surface area contributed by atoms with Crippen molar-refractivity contribution in [3.63, 3.8) is 0 Å². The average molecular weight is 397 g/mol. The van der Waals surface area contributed by atoms with Crippen LogP contribution in [0.5, 0.6) is 0 Å². The van der Waals surface area contributed by atoms with E-state index in [4.69, 9.17) is 11.6 Å². The number of aryl methyl sites for hydroxylation is 2. The molecular formula is C21H21ClN4O2. The molecule has 28 heavy (non-hydrogen) atoms. The molecule has 2 aromatic carbocycles. The largest absolute Gasteiger partial charge is 0.343 e. The summed E-state index contributed by atoms with van der Waals surface area (Å²) >= 11 is 5.98. The lowest BCUT2D eigenvalue weighted by molar-refractivity contribution is -0.120. The third-order valence-electron chi connectivity index (χ3n) is 4.35. The maximum Gasteiger partial charge on any atom is 0.251 e. The lowest BCUT2D eigenvalue weighted by atomic mass is 10.1. The van der Waals surface area contributed by atoms with Crippen LogP contribution in [0.3, 0.4) is 0 Å². The number of aromatic nitrogens is 2. The standard InChI is InChI=1S/C21H21ClN4O2/c1-14-3-5-16(6-4-14)21(28)24-13-18(27)25-19(20-23-11-12-26(20)2)15-7-9-17(22)10-8-15/h3-12,19H,13H2,1-2H3,(H,24,28)(H,25,27). The summed E-state index contributed by atoms with van der Waals surface area (Å²) in [7, 11) is 1.86. The van der Waals surface area contributed by atoms with Gasteiger partial charge in [-0.15, -0.1) is 0 Å². The summed E-state index contributed by atoms with van der Waals surface area (Å²) in [5, 5.41) is 6.19. The van der Waals surface area contributed by atoms with Gasteiger partial charge in [-0.05, 0) is 36.8 Å². The van der Waals surface area contributed by atoms with Crippen LogP contribution in [0.25, 0.3) is 0 Å². The molecule has 1 aromatic heterocycles. The number of carbonyl (C=O) groups excluding carboxylic acids is 2. The van der Waals surface area contributed by atoms with Crippen molar-refractivity contribution in [3.8, 4) is 0 Å². The van der Waals surface area contributed by atoms with Gasteiger partial charge in [0.05, 0.1) is 6.54 Å². The summed E-state index contributed by atoms with van der Waals surface area (Å²) in [4.78, 5) is 29.1. The van der Waals surface area contributed by atoms with Crippen molar-refractivity contribution in [2.75, 3.05) is 6.54 Å². The van der Waals surface area contributed by atoms with E-state index in [-0.39, 0.29) is 18.4 Å². The Kier molecular flexibility index (Phi) is 6.11. The SMILES string of the molecule is Cc1ccc(C(=O)NCC(=O)NC(c2ccc(Cl)cc2)c2nccn2C)cc1. The van der Waals surface area contributed by atoms with E-state index in [0.29, 0.717) is 16.4 Å². The van der Waals surface area contributed by atoms with Crippen LogP contribution in [0.4, 0.5) is 0 Å². The number of imidazole rings is 1. The Labute approximate surface area is 168 Å². The van der Waals surface area contributed by atoms with Gasteiger partial charge in [-0.3, -0.25) is 9.59 Å². The molecule has 0 radical (unpaired) electrons. The highest BCUT2D eigenvalue weighted by atomic mass is 35.5. The fourth-order valence-electron chi connectivity index (χ4n) is 2.79. The zero-order valence-electron chi connectivity index (χ0n) is 15.6. The molecule has 7 heteroatoms. The minimum absolute atomic E-state index is 0.138. The van der Waals surface area contributed by atoms with E-state index in [2.05, 4.69) is 15.6 Å². The van der Waals surface area contributed by atoms with Crippen LogP contribution < -0.4 is 10.6 Å². The van der Waals surface area contributed by atoms with Gasteiger partial charge in [-0.1, -0.05) is 41.4 Å². The fourth-order valence-corrected chi connectivity index (χ4v) is 2.91. The van der Waals surface area contributed by atoms with E-state index in [9.17, 15) is 9.59 Å². The summed E-state index contributed by atoms with van der Waals surface area (Å²) in [6, 6.07) is 13.9. The second-order valence-corrected chi connectivity index (χ2v) is 6.93. The second kappa shape index (κ2) is 8.71. The molecule has 0 saturated carbocycles. The lowest BCUT2D eigenvalue weighted by Crippen LogP contribution is -2.39. The summed E-state index contributed by atoms with van der Waals surface area (Å²) in [5.41, 5.74) is 2.42. The van der Waals surface area contributed by atoms with Crippen LogP contribution in [0.2, 0.25) is 5.02 Å². The van der Waals surface area contributed by atoms with Crippen molar-refractivity contribution < 1.29 is 9.59 Å². The van der Waals surface area contributed by atoms with Crippen LogP contribution in [0.1, 0.15) is 33.4 Å². The van der Waals surface area contributed by atoms with Crippen molar-refractivity contribution in [1.82, 2.24) is 20.2 Å². The normalized spacial score (nSPS) is 11.7. The Hall–Kier alpha value is -3.12. The van der Waals surface area contributed by atoms with Gasteiger partial charge < -0.3 is 15.2 Å². The maximum atomic E-state index is 12.5. The molecule has 2 N–H and O–H groups in total. The van der Waals surface area contributed by atoms with Crippen molar-refractivity contribution in [2.45, 2.75) is 13.0 Å². The second-order valence-electron chi connectivity index (χ2n) is 6.50. The van der Waals surface area contributed by atoms with E-state index < -0.39 is 6.04 Å². The van der Waals surface area contributed by atoms with Crippen molar-refractivity contribution in [2.24, 2.45) is 7.05 Å². The van der Waals surface area contributed by atoms with E-state index in [1.165, 1.54) is 0 Å². The van der Waals surface area contributed by atoms with E-state index in [0.717, 1.165) is 11.1 Å². The molecule has 0 aliphatic rings. The van der Waals surface area contributed by atoms with Gasteiger partial charge in [0.2, 0.25) is 5.91 Å². The number of hydrogen-bond acceptors (Lipinski definition) is 3. The molecule has 6 nitrogen and oxygen atoms in total. The Bertz CT molecular complexity index is 965. The first-order valence-electron chi connectivity index (χ1n) is 8.81. The number of amides is 2. The summed E-state index contributed by atoms with van der Waals surface area (Å²) < 4.78 is 1.84. The molecule has 0 fully saturated rings. The number of carbonyl (C=O) groups is 2. The van der Waals surface area contributed by atoms with Gasteiger partial charge in [0.1, 0.15) is 11.9 Å². The van der Waals surface area contributed by atoms with Crippen molar-refractivity contribution in [1.29, 1.82) is 0 Å². The van der Waals surface area contributed by atoms with E-state index in [1.54, 1.807) is 30.5 Å². The van der Waals surface area contributed by atoms with E-state index >= 15 is 0 Å². The Balaban J connectivity index is 1.69. The molecule has 2 amide bonds. The summed E-state index contributed by atoms with van der Waals surface area (Å²) in [5.74, 6) is 0.0686. The summed E-state index contributed by atoms with van der Waals surface area (Å²) in [6.45, 7) is 1.81. The Morgan fingerprint density at radius 3 is 2.39 bits per heavy atom. The minimum atomic E-state index is -0.457. The number of nitrogens with one attached hydrogen (secondary N) is 2. The molecule has 0 saturated heterocycles. The number of halogens is 1. The Morgan fingerprint density at radius 2 is 1.79 bits per heavy atom. The molecular weight excluding hydrogens is 376 g/mol. The Morgan fingerprint density at radius 1 is 1.11 bits per heavy atom. The molecule has 3 aromatic rings. The van der Waals surface area contributed by atoms with Crippen LogP contribution in [0, 0.1) is 6.92 Å². The predicted molar refractivity (Wildman–Crippen MR) is 108 cm³/mol. The highest BCUT2D eigenvalue weighted by Crippen LogP contribution is 2.22. The molecule has 0 bridgehead atoms. The average Bonchev–Trinajstić information content (AvgIpc) is 3.11. The summed E-state index contributed by atoms with van der Waals surface area (Å²) in [6.07, 6.45) is 3.48. The molecule has 0 aliphatic carbocycles. The predicted octanol–water partition coefficient (Wildman–Crippen LogP) is 3.02. The maximum absolute atomic E-state index is 12.5. The van der Waals surface area contributed by atoms with Gasteiger partial charge in [-0.2, -0.15) is 0 Å². The molecule has 1 heterocycles. The van der Waals surface area contributed by atoms with Crippen molar-refractivity contribution in [3.05, 3.63) is 88.5 Å². The highest BCUT2D eigenvalue weighted by Gasteiger charge is 2.21. The van der Waals surface area contributed by atoms with Crippen LogP contribution >= 0.6 is 11.6 Å². The van der Waals surface area contributed by atoms with Gasteiger partial charge in [-0.25, -0.2) is 4.98 Å². The molecule has 0 spiro atoms. The molecule has 1 atom stereocenters. The van der Waals surface area contributed by atoms with Crippen molar-refractivity contribution >= 4 is 23.4 Å². The number of benzene rings is 2. The zero-order chi connectivity index (χ0) is 20.1. The first-order chi connectivity index (χ1) is 13.4. The van der Waals surface area contributed by atoms with Gasteiger partial charge in [0.25, 0.3) is 5.91 Å². The third kappa shape index (κ3) is 4.78. The van der Waals surface area contributed by atoms with Crippen LogP contribution in [0.15, 0.2) is 60.9 Å². The highest BCUT2D eigenvalue weighted by molar-refractivity contribution is 6.30. The van der Waals surface area contributed by atoms with E-state index in [1.807, 2.05) is 49.0 Å². The zero-order valence-corrected chi connectivity index (χ0v) is 16.4. The molecule has 1 unspecified atom stereocenters. The number of nitrogens with zero attached hydrogens (tertiary/aromatic N) is 2. The first kappa shape index (κ1) is 19.6. The number of rotatable bonds is 6. The first-order valence-corrected chi connectivity index (χ1v) is 9.19. The quantitative estimate of drug-likeness (QED) is 0.672. The van der Waals surface area contributed by atoms with Gasteiger partial charge in [0.15, 0.2) is 0 Å². The molecule has 0 aliphatic heterocycles. The lowest BCUT2D eigenvalue weighted by Gasteiger charge is -2.19. The van der Waals surface area contributed by atoms with Gasteiger partial charge in [0, 0.05) is 30.0 Å². The van der Waals surface area contributed by atoms with Crippen LogP contribution in [-0.2, 0) is 11.8 Å². The topological polar surface area (TPSA) is 76.0 Å². The molecule has 144 valence electrons. The third-order valence-corrected chi connectivity index (χ3v) is 4.60. The van der Waals surface area contributed by atoms with Gasteiger partial charge >= 0.3 is 0 Å². The monoisotopic (exact) mass is 396 g/mol. The minimum Gasteiger partial charge on any atom is -0.343 e. The van der Waals surface area contributed by atoms with Crippen LogP contribution in [-0.4, -0.2) is 27.9 Å².